The molecule has 0 atom stereocenters. The van der Waals surface area contributed by atoms with E-state index in [0.29, 0.717) is 5.82 Å². The Bertz CT molecular complexity index is 576. The number of anilines is 1. The molecule has 0 bridgehead atoms. The van der Waals surface area contributed by atoms with Crippen molar-refractivity contribution in [1.29, 1.82) is 0 Å². The number of halogens is 1. The maximum absolute atomic E-state index is 4.70. The van der Waals surface area contributed by atoms with Crippen LogP contribution in [0, 0.1) is 0 Å². The summed E-state index contributed by atoms with van der Waals surface area (Å²) < 4.78 is 0.942. The molecule has 0 spiro atoms. The summed E-state index contributed by atoms with van der Waals surface area (Å²) in [4.78, 5) is 13.6. The maximum Gasteiger partial charge on any atom is 0.181 e. The average molecular weight is 355 g/mol. The second-order valence-electron chi connectivity index (χ2n) is 5.61. The molecule has 0 amide bonds. The SMILES string of the molecule is CCCNc1nc(-c2cscn2)nc(C(C)(C)C)c1Br. The monoisotopic (exact) mass is 354 g/mol. The van der Waals surface area contributed by atoms with Crippen LogP contribution in [-0.4, -0.2) is 21.5 Å². The quantitative estimate of drug-likeness (QED) is 0.878. The minimum Gasteiger partial charge on any atom is -0.369 e. The molecule has 0 unspecified atom stereocenters. The first kappa shape index (κ1) is 15.4. The Morgan fingerprint density at radius 1 is 1.30 bits per heavy atom. The lowest BCUT2D eigenvalue weighted by Gasteiger charge is -2.21. The largest absolute Gasteiger partial charge is 0.369 e. The predicted octanol–water partition coefficient (Wildman–Crippen LogP) is 4.48. The zero-order chi connectivity index (χ0) is 14.8. The van der Waals surface area contributed by atoms with Crippen molar-refractivity contribution in [3.63, 3.8) is 0 Å². The molecule has 0 fully saturated rings. The van der Waals surface area contributed by atoms with Gasteiger partial charge >= 0.3 is 0 Å². The summed E-state index contributed by atoms with van der Waals surface area (Å²) in [7, 11) is 0. The molecule has 1 N–H and O–H groups in total. The van der Waals surface area contributed by atoms with Crippen LogP contribution in [0.2, 0.25) is 0 Å². The number of aromatic nitrogens is 3. The second kappa shape index (κ2) is 6.18. The van der Waals surface area contributed by atoms with Gasteiger partial charge in [-0.05, 0) is 22.4 Å². The van der Waals surface area contributed by atoms with Gasteiger partial charge in [0.15, 0.2) is 5.82 Å². The molecule has 0 aliphatic rings. The molecular formula is C14H19BrN4S. The molecule has 0 aromatic carbocycles. The predicted molar refractivity (Wildman–Crippen MR) is 88.3 cm³/mol. The highest BCUT2D eigenvalue weighted by Gasteiger charge is 2.23. The zero-order valence-electron chi connectivity index (χ0n) is 12.2. The van der Waals surface area contributed by atoms with Crippen LogP contribution in [0.15, 0.2) is 15.4 Å². The van der Waals surface area contributed by atoms with Crippen LogP contribution in [0.4, 0.5) is 5.82 Å². The molecule has 2 aromatic rings. The van der Waals surface area contributed by atoms with Crippen molar-refractivity contribution in [2.75, 3.05) is 11.9 Å². The highest BCUT2D eigenvalue weighted by Crippen LogP contribution is 2.34. The molecular weight excluding hydrogens is 336 g/mol. The number of nitrogens with one attached hydrogen (secondary N) is 1. The van der Waals surface area contributed by atoms with E-state index < -0.39 is 0 Å². The summed E-state index contributed by atoms with van der Waals surface area (Å²) >= 11 is 5.19. The van der Waals surface area contributed by atoms with Gasteiger partial charge in [0.2, 0.25) is 0 Å². The van der Waals surface area contributed by atoms with Crippen LogP contribution in [-0.2, 0) is 5.41 Å². The fourth-order valence-electron chi connectivity index (χ4n) is 1.74. The summed E-state index contributed by atoms with van der Waals surface area (Å²) in [5, 5.41) is 5.33. The summed E-state index contributed by atoms with van der Waals surface area (Å²) in [5.74, 6) is 1.52. The summed E-state index contributed by atoms with van der Waals surface area (Å²) in [6, 6.07) is 0. The van der Waals surface area contributed by atoms with Gasteiger partial charge < -0.3 is 5.32 Å². The van der Waals surface area contributed by atoms with E-state index in [0.717, 1.165) is 34.6 Å². The van der Waals surface area contributed by atoms with Gasteiger partial charge in [-0.2, -0.15) is 0 Å². The van der Waals surface area contributed by atoms with Crippen LogP contribution in [0.3, 0.4) is 0 Å². The lowest BCUT2D eigenvalue weighted by atomic mass is 9.92. The Morgan fingerprint density at radius 3 is 2.60 bits per heavy atom. The molecule has 108 valence electrons. The summed E-state index contributed by atoms with van der Waals surface area (Å²) in [5.41, 5.74) is 3.56. The van der Waals surface area contributed by atoms with Crippen molar-refractivity contribution in [2.24, 2.45) is 0 Å². The molecule has 2 heterocycles. The van der Waals surface area contributed by atoms with Crippen LogP contribution >= 0.6 is 27.3 Å². The zero-order valence-corrected chi connectivity index (χ0v) is 14.6. The lowest BCUT2D eigenvalue weighted by molar-refractivity contribution is 0.564. The first-order valence-corrected chi connectivity index (χ1v) is 8.37. The van der Waals surface area contributed by atoms with Crippen molar-refractivity contribution >= 4 is 33.1 Å². The van der Waals surface area contributed by atoms with Crippen LogP contribution in [0.1, 0.15) is 39.8 Å². The molecule has 2 rings (SSSR count). The Hall–Kier alpha value is -1.01. The van der Waals surface area contributed by atoms with Crippen molar-refractivity contribution in [1.82, 2.24) is 15.0 Å². The van der Waals surface area contributed by atoms with E-state index in [2.05, 4.69) is 58.9 Å². The normalized spacial score (nSPS) is 11.7. The Kier molecular flexibility index (Phi) is 4.75. The van der Waals surface area contributed by atoms with Gasteiger partial charge in [-0.25, -0.2) is 15.0 Å². The topological polar surface area (TPSA) is 50.7 Å². The van der Waals surface area contributed by atoms with Crippen molar-refractivity contribution in [3.8, 4) is 11.5 Å². The molecule has 0 saturated heterocycles. The standard InChI is InChI=1S/C14H19BrN4S/c1-5-6-16-13-10(15)11(14(2,3)4)18-12(19-13)9-7-20-8-17-9/h7-8H,5-6H2,1-4H3,(H,16,18,19). The molecule has 6 heteroatoms. The number of nitrogens with zero attached hydrogens (tertiary/aromatic N) is 3. The fraction of sp³-hybridized carbons (Fsp3) is 0.500. The Balaban J connectivity index is 2.54. The van der Waals surface area contributed by atoms with E-state index in [4.69, 9.17) is 4.98 Å². The number of thiazole rings is 1. The third kappa shape index (κ3) is 3.35. The first-order chi connectivity index (χ1) is 9.43. The first-order valence-electron chi connectivity index (χ1n) is 6.64. The van der Waals surface area contributed by atoms with E-state index in [1.165, 1.54) is 0 Å². The smallest absolute Gasteiger partial charge is 0.181 e. The van der Waals surface area contributed by atoms with Gasteiger partial charge in [-0.15, -0.1) is 11.3 Å². The lowest BCUT2D eigenvalue weighted by Crippen LogP contribution is -2.17. The van der Waals surface area contributed by atoms with E-state index in [1.807, 2.05) is 5.38 Å². The molecule has 0 aliphatic carbocycles. The molecule has 2 aromatic heterocycles. The third-order valence-electron chi connectivity index (χ3n) is 2.77. The minimum absolute atomic E-state index is 0.0603. The Labute approximate surface area is 132 Å². The fourth-order valence-corrected chi connectivity index (χ4v) is 3.18. The van der Waals surface area contributed by atoms with Gasteiger partial charge in [0.25, 0.3) is 0 Å². The minimum atomic E-state index is -0.0603. The third-order valence-corrected chi connectivity index (χ3v) is 4.10. The van der Waals surface area contributed by atoms with Gasteiger partial charge in [0.05, 0.1) is 15.7 Å². The average Bonchev–Trinajstić information content (AvgIpc) is 2.90. The number of hydrogen-bond donors (Lipinski definition) is 1. The van der Waals surface area contributed by atoms with Crippen LogP contribution < -0.4 is 5.32 Å². The summed E-state index contributed by atoms with van der Waals surface area (Å²) in [6.45, 7) is 9.46. The van der Waals surface area contributed by atoms with E-state index >= 15 is 0 Å². The maximum atomic E-state index is 4.70. The molecule has 0 aliphatic heterocycles. The molecule has 0 radical (unpaired) electrons. The number of rotatable bonds is 4. The second-order valence-corrected chi connectivity index (χ2v) is 7.12. The molecule has 0 saturated carbocycles. The van der Waals surface area contributed by atoms with Gasteiger partial charge in [0.1, 0.15) is 11.5 Å². The van der Waals surface area contributed by atoms with Crippen molar-refractivity contribution in [3.05, 3.63) is 21.1 Å². The summed E-state index contributed by atoms with van der Waals surface area (Å²) in [6.07, 6.45) is 1.05. The van der Waals surface area contributed by atoms with E-state index in [-0.39, 0.29) is 5.41 Å². The van der Waals surface area contributed by atoms with Crippen molar-refractivity contribution in [2.45, 2.75) is 39.5 Å². The van der Waals surface area contributed by atoms with Gasteiger partial charge in [0, 0.05) is 17.3 Å². The highest BCUT2D eigenvalue weighted by molar-refractivity contribution is 9.10. The van der Waals surface area contributed by atoms with Gasteiger partial charge in [-0.1, -0.05) is 27.7 Å². The van der Waals surface area contributed by atoms with Crippen LogP contribution in [0.25, 0.3) is 11.5 Å². The molecule has 20 heavy (non-hydrogen) atoms. The van der Waals surface area contributed by atoms with Crippen LogP contribution in [0.5, 0.6) is 0 Å². The highest BCUT2D eigenvalue weighted by atomic mass is 79.9. The number of hydrogen-bond acceptors (Lipinski definition) is 5. The van der Waals surface area contributed by atoms with Crippen molar-refractivity contribution < 1.29 is 0 Å². The van der Waals surface area contributed by atoms with E-state index in [1.54, 1.807) is 16.8 Å². The van der Waals surface area contributed by atoms with E-state index in [9.17, 15) is 0 Å². The van der Waals surface area contributed by atoms with Gasteiger partial charge in [-0.3, -0.25) is 0 Å². The molecule has 4 nitrogen and oxygen atoms in total. The Morgan fingerprint density at radius 2 is 2.05 bits per heavy atom.